The van der Waals surface area contributed by atoms with Gasteiger partial charge in [-0.3, -0.25) is 0 Å². The van der Waals surface area contributed by atoms with Gasteiger partial charge in [-0.1, -0.05) is 82.2 Å². The van der Waals surface area contributed by atoms with Gasteiger partial charge in [-0.15, -0.1) is 11.8 Å². The lowest BCUT2D eigenvalue weighted by molar-refractivity contribution is 0.564. The molecule has 0 bridgehead atoms. The second-order valence-corrected chi connectivity index (χ2v) is 7.82. The van der Waals surface area contributed by atoms with Gasteiger partial charge < -0.3 is 0 Å². The third-order valence-corrected chi connectivity index (χ3v) is 5.99. The molecule has 0 saturated carbocycles. The fourth-order valence-electron chi connectivity index (χ4n) is 3.05. The van der Waals surface area contributed by atoms with Crippen LogP contribution in [0.4, 0.5) is 0 Å². The van der Waals surface area contributed by atoms with Crippen molar-refractivity contribution >= 4 is 11.8 Å². The molecule has 0 aliphatic heterocycles. The first kappa shape index (κ1) is 21.8. The normalized spacial score (nSPS) is 13.8. The summed E-state index contributed by atoms with van der Waals surface area (Å²) >= 11 is 1.89. The van der Waals surface area contributed by atoms with E-state index in [1.54, 1.807) is 0 Å². The van der Waals surface area contributed by atoms with Gasteiger partial charge in [0.2, 0.25) is 0 Å². The minimum absolute atomic E-state index is 0.611. The molecule has 1 atom stereocenters. The molecule has 0 nitrogen and oxygen atoms in total. The Hall–Kier alpha value is -1.21. The van der Waals surface area contributed by atoms with E-state index in [1.807, 2.05) is 11.8 Å². The summed E-state index contributed by atoms with van der Waals surface area (Å²) in [5.41, 5.74) is 5.62. The molecule has 0 fully saturated rings. The molecule has 0 saturated heterocycles. The average molecular weight is 357 g/mol. The number of thioether (sulfide) groups is 1. The summed E-state index contributed by atoms with van der Waals surface area (Å²) in [6.07, 6.45) is 13.8. The zero-order valence-corrected chi connectivity index (χ0v) is 17.7. The lowest BCUT2D eigenvalue weighted by atomic mass is 9.91. The topological polar surface area (TPSA) is 0 Å². The number of rotatable bonds is 11. The molecule has 0 N–H and O–H groups in total. The van der Waals surface area contributed by atoms with Crippen LogP contribution in [-0.4, -0.2) is 6.26 Å². The van der Waals surface area contributed by atoms with Crippen LogP contribution in [0.3, 0.4) is 0 Å². The molecule has 25 heavy (non-hydrogen) atoms. The number of aryl methyl sites for hydroxylation is 1. The minimum Gasteiger partial charge on any atom is -0.134 e. The van der Waals surface area contributed by atoms with E-state index >= 15 is 0 Å². The Morgan fingerprint density at radius 1 is 1.24 bits per heavy atom. The smallest absolute Gasteiger partial charge is 0.00594 e. The van der Waals surface area contributed by atoms with Gasteiger partial charge in [0.05, 0.1) is 0 Å². The van der Waals surface area contributed by atoms with Crippen molar-refractivity contribution in [1.29, 1.82) is 0 Å². The van der Waals surface area contributed by atoms with E-state index in [0.29, 0.717) is 5.92 Å². The zero-order valence-electron chi connectivity index (χ0n) is 16.9. The average Bonchev–Trinajstić information content (AvgIpc) is 2.61. The van der Waals surface area contributed by atoms with Gasteiger partial charge in [-0.25, -0.2) is 0 Å². The molecule has 0 aliphatic carbocycles. The molecule has 0 amide bonds. The van der Waals surface area contributed by atoms with Gasteiger partial charge in [-0.2, -0.15) is 0 Å². The molecule has 0 aromatic heterocycles. The molecule has 0 heterocycles. The van der Waals surface area contributed by atoms with Crippen LogP contribution < -0.4 is 0 Å². The summed E-state index contributed by atoms with van der Waals surface area (Å²) in [5, 5.41) is 0. The first-order valence-electron chi connectivity index (χ1n) is 9.68. The van der Waals surface area contributed by atoms with Crippen LogP contribution in [0.15, 0.2) is 59.0 Å². The number of hydrogen-bond acceptors (Lipinski definition) is 1. The Kier molecular flexibility index (Phi) is 10.6. The zero-order chi connectivity index (χ0) is 18.7. The van der Waals surface area contributed by atoms with Crippen LogP contribution >= 0.6 is 11.8 Å². The first-order valence-corrected chi connectivity index (χ1v) is 10.9. The quantitative estimate of drug-likeness (QED) is 0.287. The molecule has 1 aromatic rings. The van der Waals surface area contributed by atoms with E-state index in [-0.39, 0.29) is 0 Å². The lowest BCUT2D eigenvalue weighted by Crippen LogP contribution is -2.00. The van der Waals surface area contributed by atoms with Crippen LogP contribution in [0.5, 0.6) is 0 Å². The lowest BCUT2D eigenvalue weighted by Gasteiger charge is -2.17. The van der Waals surface area contributed by atoms with Crippen molar-refractivity contribution < 1.29 is 0 Å². The maximum atomic E-state index is 4.40. The highest BCUT2D eigenvalue weighted by atomic mass is 32.2. The Morgan fingerprint density at radius 3 is 2.56 bits per heavy atom. The van der Waals surface area contributed by atoms with Crippen LogP contribution in [-0.2, 0) is 6.42 Å². The molecule has 1 unspecified atom stereocenters. The van der Waals surface area contributed by atoms with Crippen LogP contribution in [0.25, 0.3) is 0 Å². The fraction of sp³-hybridized carbons (Fsp3) is 0.500. The van der Waals surface area contributed by atoms with Gasteiger partial charge in [0, 0.05) is 0 Å². The molecule has 0 spiro atoms. The standard InChI is InChI=1S/C24H36S/c1-7-9-13-19(3)21(5)18-23(24(8-2)25-6)17-12-16-22-15-11-10-14-20(22)4/h10-12,14-15,17,19H,5,7-9,13,16,18H2,1-4,6H3/b17-12-,24-23-. The van der Waals surface area contributed by atoms with Crippen LogP contribution in [0, 0.1) is 12.8 Å². The molecular formula is C24H36S. The predicted octanol–water partition coefficient (Wildman–Crippen LogP) is 7.89. The highest BCUT2D eigenvalue weighted by Gasteiger charge is 2.10. The highest BCUT2D eigenvalue weighted by molar-refractivity contribution is 8.02. The van der Waals surface area contributed by atoms with E-state index in [9.17, 15) is 0 Å². The molecule has 0 radical (unpaired) electrons. The van der Waals surface area contributed by atoms with E-state index in [4.69, 9.17) is 0 Å². The predicted molar refractivity (Wildman–Crippen MR) is 117 cm³/mol. The second-order valence-electron chi connectivity index (χ2n) is 6.92. The Labute approximate surface area is 160 Å². The molecule has 138 valence electrons. The number of benzene rings is 1. The van der Waals surface area contributed by atoms with E-state index in [1.165, 1.54) is 46.4 Å². The van der Waals surface area contributed by atoms with Gasteiger partial charge >= 0.3 is 0 Å². The van der Waals surface area contributed by atoms with Crippen molar-refractivity contribution in [2.75, 3.05) is 6.26 Å². The summed E-state index contributed by atoms with van der Waals surface area (Å²) in [7, 11) is 0. The molecule has 1 rings (SSSR count). The second kappa shape index (κ2) is 12.2. The molecular weight excluding hydrogens is 320 g/mol. The minimum atomic E-state index is 0.611. The van der Waals surface area contributed by atoms with Crippen LogP contribution in [0.2, 0.25) is 0 Å². The van der Waals surface area contributed by atoms with Gasteiger partial charge in [0.1, 0.15) is 0 Å². The Morgan fingerprint density at radius 2 is 1.96 bits per heavy atom. The maximum absolute atomic E-state index is 4.40. The van der Waals surface area contributed by atoms with Crippen molar-refractivity contribution in [3.8, 4) is 0 Å². The van der Waals surface area contributed by atoms with E-state index in [0.717, 1.165) is 19.3 Å². The Bertz CT molecular complexity index is 586. The SMILES string of the molecule is C=C(CC(/C=C\Cc1ccccc1C)=C(/CC)SC)C(C)CCCC. The van der Waals surface area contributed by atoms with Gasteiger partial charge in [0.25, 0.3) is 0 Å². The molecule has 1 heteroatoms. The van der Waals surface area contributed by atoms with E-state index in [2.05, 4.69) is 76.9 Å². The van der Waals surface area contributed by atoms with E-state index < -0.39 is 0 Å². The van der Waals surface area contributed by atoms with Gasteiger partial charge in [0.15, 0.2) is 0 Å². The van der Waals surface area contributed by atoms with Crippen molar-refractivity contribution in [1.82, 2.24) is 0 Å². The third-order valence-electron chi connectivity index (χ3n) is 4.95. The number of unbranched alkanes of at least 4 members (excludes halogenated alkanes) is 1. The number of hydrogen-bond donors (Lipinski definition) is 0. The Balaban J connectivity index is 2.84. The number of allylic oxidation sites excluding steroid dienone is 5. The van der Waals surface area contributed by atoms with Crippen molar-refractivity contribution in [3.05, 3.63) is 70.2 Å². The van der Waals surface area contributed by atoms with Crippen molar-refractivity contribution in [2.24, 2.45) is 5.92 Å². The van der Waals surface area contributed by atoms with Crippen LogP contribution in [0.1, 0.15) is 64.0 Å². The molecule has 0 aliphatic rings. The first-order chi connectivity index (χ1) is 12.0. The maximum Gasteiger partial charge on any atom is -0.00594 e. The third kappa shape index (κ3) is 7.69. The van der Waals surface area contributed by atoms with Crippen molar-refractivity contribution in [2.45, 2.75) is 66.2 Å². The summed E-state index contributed by atoms with van der Waals surface area (Å²) < 4.78 is 0. The summed E-state index contributed by atoms with van der Waals surface area (Å²) in [5.74, 6) is 0.611. The summed E-state index contributed by atoms with van der Waals surface area (Å²) in [4.78, 5) is 1.49. The summed E-state index contributed by atoms with van der Waals surface area (Å²) in [6.45, 7) is 13.4. The van der Waals surface area contributed by atoms with Crippen molar-refractivity contribution in [3.63, 3.8) is 0 Å². The van der Waals surface area contributed by atoms with Gasteiger partial charge in [-0.05, 0) is 66.4 Å². The largest absolute Gasteiger partial charge is 0.134 e. The highest BCUT2D eigenvalue weighted by Crippen LogP contribution is 2.29. The summed E-state index contributed by atoms with van der Waals surface area (Å²) in [6, 6.07) is 8.66. The molecule has 1 aromatic carbocycles. The monoisotopic (exact) mass is 356 g/mol. The fourth-order valence-corrected chi connectivity index (χ4v) is 3.74.